The molecule has 1 heterocycles. The highest BCUT2D eigenvalue weighted by atomic mass is 16.5. The van der Waals surface area contributed by atoms with Gasteiger partial charge in [-0.25, -0.2) is 4.99 Å². The van der Waals surface area contributed by atoms with Gasteiger partial charge in [-0.15, -0.1) is 10.2 Å². The quantitative estimate of drug-likeness (QED) is 0.326. The lowest BCUT2D eigenvalue weighted by Crippen LogP contribution is -2.37. The standard InChI is InChI=1S/C23H28N6O/c1-4-14-30-21-13-9-8-12-20(21)16-25-23(24-15-19-10-6-5-7-11-19)26-17-22-28-27-18(2)29(22)3/h4-13H,1,14-17H2,2-3H3,(H2,24,25,26). The Labute approximate surface area is 177 Å². The molecule has 0 saturated heterocycles. The molecule has 0 atom stereocenters. The number of nitrogens with one attached hydrogen (secondary N) is 2. The summed E-state index contributed by atoms with van der Waals surface area (Å²) in [5.41, 5.74) is 2.19. The maximum Gasteiger partial charge on any atom is 0.192 e. The first-order chi connectivity index (χ1) is 14.7. The number of aliphatic imine (C=N–C) groups is 1. The van der Waals surface area contributed by atoms with Crippen LogP contribution in [0.4, 0.5) is 0 Å². The molecule has 30 heavy (non-hydrogen) atoms. The van der Waals surface area contributed by atoms with E-state index in [0.29, 0.717) is 32.2 Å². The Morgan fingerprint density at radius 2 is 1.80 bits per heavy atom. The third-order valence-electron chi connectivity index (χ3n) is 4.63. The molecule has 0 aliphatic heterocycles. The van der Waals surface area contributed by atoms with Crippen molar-refractivity contribution in [2.75, 3.05) is 6.61 Å². The van der Waals surface area contributed by atoms with Crippen molar-refractivity contribution < 1.29 is 4.74 Å². The average Bonchev–Trinajstić information content (AvgIpc) is 3.10. The number of aryl methyl sites for hydroxylation is 1. The van der Waals surface area contributed by atoms with Gasteiger partial charge >= 0.3 is 0 Å². The van der Waals surface area contributed by atoms with Gasteiger partial charge < -0.3 is 19.9 Å². The van der Waals surface area contributed by atoms with Crippen molar-refractivity contribution in [1.82, 2.24) is 25.4 Å². The summed E-state index contributed by atoms with van der Waals surface area (Å²) in [5, 5.41) is 15.1. The summed E-state index contributed by atoms with van der Waals surface area (Å²) in [6, 6.07) is 18.1. The highest BCUT2D eigenvalue weighted by molar-refractivity contribution is 5.79. The molecule has 2 N–H and O–H groups in total. The van der Waals surface area contributed by atoms with Gasteiger partial charge in [0.05, 0.1) is 13.1 Å². The number of ether oxygens (including phenoxy) is 1. The van der Waals surface area contributed by atoms with Gasteiger partial charge in [-0.05, 0) is 18.6 Å². The summed E-state index contributed by atoms with van der Waals surface area (Å²) in [5.74, 6) is 3.24. The minimum atomic E-state index is 0.468. The number of hydrogen-bond acceptors (Lipinski definition) is 4. The van der Waals surface area contributed by atoms with Crippen LogP contribution < -0.4 is 15.4 Å². The van der Waals surface area contributed by atoms with Gasteiger partial charge in [-0.1, -0.05) is 61.2 Å². The monoisotopic (exact) mass is 404 g/mol. The van der Waals surface area contributed by atoms with Crippen molar-refractivity contribution in [2.24, 2.45) is 12.0 Å². The molecule has 156 valence electrons. The van der Waals surface area contributed by atoms with E-state index in [1.807, 2.05) is 61.0 Å². The molecule has 1 aromatic heterocycles. The van der Waals surface area contributed by atoms with E-state index in [1.165, 1.54) is 0 Å². The number of hydrogen-bond donors (Lipinski definition) is 2. The zero-order valence-corrected chi connectivity index (χ0v) is 17.5. The van der Waals surface area contributed by atoms with Gasteiger partial charge in [-0.2, -0.15) is 0 Å². The normalized spacial score (nSPS) is 11.2. The zero-order chi connectivity index (χ0) is 21.2. The van der Waals surface area contributed by atoms with E-state index >= 15 is 0 Å². The molecule has 7 heteroatoms. The Morgan fingerprint density at radius 1 is 1.07 bits per heavy atom. The van der Waals surface area contributed by atoms with Crippen LogP contribution >= 0.6 is 0 Å². The fraction of sp³-hybridized carbons (Fsp3) is 0.261. The molecular weight excluding hydrogens is 376 g/mol. The van der Waals surface area contributed by atoms with Crippen molar-refractivity contribution in [3.8, 4) is 5.75 Å². The fourth-order valence-electron chi connectivity index (χ4n) is 2.81. The summed E-state index contributed by atoms with van der Waals surface area (Å²) in [7, 11) is 1.95. The number of benzene rings is 2. The summed E-state index contributed by atoms with van der Waals surface area (Å²) in [4.78, 5) is 4.73. The van der Waals surface area contributed by atoms with E-state index in [0.717, 1.165) is 28.5 Å². The van der Waals surface area contributed by atoms with Crippen LogP contribution in [0.3, 0.4) is 0 Å². The smallest absolute Gasteiger partial charge is 0.192 e. The lowest BCUT2D eigenvalue weighted by Gasteiger charge is -2.15. The van der Waals surface area contributed by atoms with Gasteiger partial charge in [0.15, 0.2) is 11.8 Å². The highest BCUT2D eigenvalue weighted by Crippen LogP contribution is 2.17. The summed E-state index contributed by atoms with van der Waals surface area (Å²) >= 11 is 0. The molecule has 3 aromatic rings. The predicted molar refractivity (Wildman–Crippen MR) is 119 cm³/mol. The second-order valence-electron chi connectivity index (χ2n) is 6.79. The molecule has 7 nitrogen and oxygen atoms in total. The third kappa shape index (κ3) is 5.94. The van der Waals surface area contributed by atoms with Gasteiger partial charge in [0.2, 0.25) is 0 Å². The fourth-order valence-corrected chi connectivity index (χ4v) is 2.81. The Kier molecular flexibility index (Phi) is 7.60. The van der Waals surface area contributed by atoms with Crippen LogP contribution in [0.15, 0.2) is 72.2 Å². The van der Waals surface area contributed by atoms with E-state index in [1.54, 1.807) is 6.08 Å². The summed E-state index contributed by atoms with van der Waals surface area (Å²) in [6.45, 7) is 7.78. The molecule has 0 unspecified atom stereocenters. The first kappa shape index (κ1) is 21.1. The predicted octanol–water partition coefficient (Wildman–Crippen LogP) is 3.12. The molecule has 2 aromatic carbocycles. The highest BCUT2D eigenvalue weighted by Gasteiger charge is 2.08. The van der Waals surface area contributed by atoms with E-state index < -0.39 is 0 Å². The molecule has 0 aliphatic rings. The Balaban J connectivity index is 1.70. The van der Waals surface area contributed by atoms with Crippen molar-refractivity contribution in [2.45, 2.75) is 26.6 Å². The van der Waals surface area contributed by atoms with E-state index in [4.69, 9.17) is 9.73 Å². The van der Waals surface area contributed by atoms with Gasteiger partial charge in [0.1, 0.15) is 18.2 Å². The number of nitrogens with zero attached hydrogens (tertiary/aromatic N) is 4. The largest absolute Gasteiger partial charge is 0.489 e. The molecule has 0 aliphatic carbocycles. The second-order valence-corrected chi connectivity index (χ2v) is 6.79. The number of guanidine groups is 1. The summed E-state index contributed by atoms with van der Waals surface area (Å²) < 4.78 is 7.71. The lowest BCUT2D eigenvalue weighted by atomic mass is 10.2. The van der Waals surface area contributed by atoms with Crippen LogP contribution in [0, 0.1) is 6.92 Å². The summed E-state index contributed by atoms with van der Waals surface area (Å²) in [6.07, 6.45) is 1.74. The Bertz CT molecular complexity index is 980. The molecule has 3 rings (SSSR count). The van der Waals surface area contributed by atoms with Crippen LogP contribution in [0.1, 0.15) is 22.8 Å². The van der Waals surface area contributed by atoms with Gasteiger partial charge in [-0.3, -0.25) is 0 Å². The maximum atomic E-state index is 5.76. The first-order valence-electron chi connectivity index (χ1n) is 9.90. The number of aromatic nitrogens is 3. The van der Waals surface area contributed by atoms with Crippen LogP contribution in [-0.2, 0) is 26.7 Å². The molecule has 0 saturated carbocycles. The van der Waals surface area contributed by atoms with E-state index in [9.17, 15) is 0 Å². The molecular formula is C23H28N6O. The molecule has 0 bridgehead atoms. The minimum absolute atomic E-state index is 0.468. The Hall–Kier alpha value is -3.61. The average molecular weight is 405 g/mol. The third-order valence-corrected chi connectivity index (χ3v) is 4.63. The molecule has 0 spiro atoms. The van der Waals surface area contributed by atoms with E-state index in [-0.39, 0.29) is 0 Å². The number of para-hydroxylation sites is 1. The lowest BCUT2D eigenvalue weighted by molar-refractivity contribution is 0.358. The maximum absolute atomic E-state index is 5.76. The minimum Gasteiger partial charge on any atom is -0.489 e. The first-order valence-corrected chi connectivity index (χ1v) is 9.90. The van der Waals surface area contributed by atoms with E-state index in [2.05, 4.69) is 39.5 Å². The van der Waals surface area contributed by atoms with Crippen molar-refractivity contribution in [3.05, 3.63) is 90.0 Å². The van der Waals surface area contributed by atoms with Crippen LogP contribution in [-0.4, -0.2) is 27.3 Å². The Morgan fingerprint density at radius 3 is 2.53 bits per heavy atom. The molecule has 0 fully saturated rings. The van der Waals surface area contributed by atoms with Crippen LogP contribution in [0.5, 0.6) is 5.75 Å². The van der Waals surface area contributed by atoms with Gasteiger partial charge in [0, 0.05) is 19.2 Å². The molecule has 0 radical (unpaired) electrons. The topological polar surface area (TPSA) is 76.4 Å². The van der Waals surface area contributed by atoms with Crippen LogP contribution in [0.2, 0.25) is 0 Å². The van der Waals surface area contributed by atoms with Crippen molar-refractivity contribution in [1.29, 1.82) is 0 Å². The van der Waals surface area contributed by atoms with Gasteiger partial charge in [0.25, 0.3) is 0 Å². The van der Waals surface area contributed by atoms with Crippen molar-refractivity contribution >= 4 is 5.96 Å². The zero-order valence-electron chi connectivity index (χ0n) is 17.5. The number of rotatable bonds is 9. The van der Waals surface area contributed by atoms with Crippen molar-refractivity contribution in [3.63, 3.8) is 0 Å². The molecule has 0 amide bonds. The second kappa shape index (κ2) is 10.8. The van der Waals surface area contributed by atoms with Crippen LogP contribution in [0.25, 0.3) is 0 Å². The SMILES string of the molecule is C=CCOc1ccccc1CNC(=NCc1ccccc1)NCc1nnc(C)n1C.